The van der Waals surface area contributed by atoms with Gasteiger partial charge >= 0.3 is 0 Å². The van der Waals surface area contributed by atoms with E-state index in [-0.39, 0.29) is 5.91 Å². The summed E-state index contributed by atoms with van der Waals surface area (Å²) in [5.41, 5.74) is 5.28. The zero-order valence-electron chi connectivity index (χ0n) is 8.29. The van der Waals surface area contributed by atoms with Crippen molar-refractivity contribution >= 4 is 11.6 Å². The summed E-state index contributed by atoms with van der Waals surface area (Å²) in [6.07, 6.45) is 2.20. The van der Waals surface area contributed by atoms with Gasteiger partial charge in [-0.25, -0.2) is 0 Å². The number of fused-ring (bicyclic) bond motifs is 1. The first-order valence-electron chi connectivity index (χ1n) is 4.90. The standard InChI is InChI=1S/C11H14N2O/c1-9(14)12-13-8-4-6-10-5-2-3-7-11(10)13/h2-3,5,7H,4,6,8H2,1H3,(H,12,14). The maximum atomic E-state index is 11.0. The van der Waals surface area contributed by atoms with Crippen LogP contribution in [0.2, 0.25) is 0 Å². The Morgan fingerprint density at radius 3 is 3.00 bits per heavy atom. The van der Waals surface area contributed by atoms with Crippen LogP contribution in [0.1, 0.15) is 18.9 Å². The lowest BCUT2D eigenvalue weighted by atomic mass is 10.0. The van der Waals surface area contributed by atoms with Crippen molar-refractivity contribution in [3.8, 4) is 0 Å². The van der Waals surface area contributed by atoms with Gasteiger partial charge < -0.3 is 0 Å². The van der Waals surface area contributed by atoms with E-state index < -0.39 is 0 Å². The molecule has 0 aliphatic carbocycles. The Labute approximate surface area is 83.7 Å². The summed E-state index contributed by atoms with van der Waals surface area (Å²) < 4.78 is 0. The summed E-state index contributed by atoms with van der Waals surface area (Å²) in [6.45, 7) is 2.44. The summed E-state index contributed by atoms with van der Waals surface area (Å²) in [6, 6.07) is 8.20. The second-order valence-electron chi connectivity index (χ2n) is 3.55. The Morgan fingerprint density at radius 2 is 2.21 bits per heavy atom. The van der Waals surface area contributed by atoms with Crippen LogP contribution in [-0.2, 0) is 11.2 Å². The Kier molecular flexibility index (Phi) is 2.39. The lowest BCUT2D eigenvalue weighted by Crippen LogP contribution is -2.44. The molecular weight excluding hydrogens is 176 g/mol. The molecule has 0 unspecified atom stereocenters. The molecule has 14 heavy (non-hydrogen) atoms. The number of nitrogens with zero attached hydrogens (tertiary/aromatic N) is 1. The molecule has 1 aromatic rings. The summed E-state index contributed by atoms with van der Waals surface area (Å²) in [4.78, 5) is 11.0. The Balaban J connectivity index is 2.26. The third-order valence-electron chi connectivity index (χ3n) is 2.40. The third kappa shape index (κ3) is 1.71. The molecule has 0 aromatic heterocycles. The number of carbonyl (C=O) groups excluding carboxylic acids is 1. The molecule has 1 aliphatic rings. The molecular formula is C11H14N2O. The first-order chi connectivity index (χ1) is 6.77. The van der Waals surface area contributed by atoms with Gasteiger partial charge in [0.15, 0.2) is 0 Å². The number of hydrazine groups is 1. The van der Waals surface area contributed by atoms with E-state index in [0.717, 1.165) is 25.1 Å². The van der Waals surface area contributed by atoms with E-state index in [0.29, 0.717) is 0 Å². The van der Waals surface area contributed by atoms with E-state index >= 15 is 0 Å². The van der Waals surface area contributed by atoms with Crippen molar-refractivity contribution in [3.63, 3.8) is 0 Å². The molecule has 3 heteroatoms. The SMILES string of the molecule is CC(=O)NN1CCCc2ccccc21. The molecule has 0 bridgehead atoms. The normalized spacial score (nSPS) is 14.8. The fraction of sp³-hybridized carbons (Fsp3) is 0.364. The lowest BCUT2D eigenvalue weighted by Gasteiger charge is -2.30. The van der Waals surface area contributed by atoms with Crippen LogP contribution >= 0.6 is 0 Å². The van der Waals surface area contributed by atoms with Crippen LogP contribution < -0.4 is 10.4 Å². The number of para-hydroxylation sites is 1. The van der Waals surface area contributed by atoms with Crippen molar-refractivity contribution < 1.29 is 4.79 Å². The summed E-state index contributed by atoms with van der Waals surface area (Å²) in [7, 11) is 0. The molecule has 2 rings (SSSR count). The lowest BCUT2D eigenvalue weighted by molar-refractivity contribution is -0.119. The van der Waals surface area contributed by atoms with Gasteiger partial charge in [-0.3, -0.25) is 15.2 Å². The second kappa shape index (κ2) is 3.70. The van der Waals surface area contributed by atoms with Crippen LogP contribution in [0.15, 0.2) is 24.3 Å². The number of amides is 1. The summed E-state index contributed by atoms with van der Waals surface area (Å²) in [5.74, 6) is -0.0123. The molecule has 1 N–H and O–H groups in total. The fourth-order valence-electron chi connectivity index (χ4n) is 1.84. The molecule has 0 saturated heterocycles. The van der Waals surface area contributed by atoms with Crippen LogP contribution in [0.3, 0.4) is 0 Å². The fourth-order valence-corrected chi connectivity index (χ4v) is 1.84. The average molecular weight is 190 g/mol. The van der Waals surface area contributed by atoms with Crippen molar-refractivity contribution in [3.05, 3.63) is 29.8 Å². The minimum atomic E-state index is -0.0123. The Hall–Kier alpha value is -1.51. The molecule has 0 atom stereocenters. The molecule has 3 nitrogen and oxygen atoms in total. The van der Waals surface area contributed by atoms with Crippen molar-refractivity contribution in [2.24, 2.45) is 0 Å². The zero-order valence-corrected chi connectivity index (χ0v) is 8.29. The molecule has 0 saturated carbocycles. The van der Waals surface area contributed by atoms with Gasteiger partial charge in [0.25, 0.3) is 0 Å². The van der Waals surface area contributed by atoms with E-state index in [1.807, 2.05) is 23.2 Å². The van der Waals surface area contributed by atoms with Crippen molar-refractivity contribution in [2.75, 3.05) is 11.6 Å². The number of nitrogens with one attached hydrogen (secondary N) is 1. The molecule has 1 aliphatic heterocycles. The minimum absolute atomic E-state index is 0.0123. The van der Waals surface area contributed by atoms with E-state index in [9.17, 15) is 4.79 Å². The molecule has 1 amide bonds. The number of rotatable bonds is 1. The van der Waals surface area contributed by atoms with Crippen LogP contribution in [0.5, 0.6) is 0 Å². The molecule has 74 valence electrons. The average Bonchev–Trinajstić information content (AvgIpc) is 2.18. The van der Waals surface area contributed by atoms with E-state index in [2.05, 4.69) is 11.5 Å². The van der Waals surface area contributed by atoms with Crippen LogP contribution in [0.4, 0.5) is 5.69 Å². The van der Waals surface area contributed by atoms with Gasteiger partial charge in [0.2, 0.25) is 5.91 Å². The highest BCUT2D eigenvalue weighted by Crippen LogP contribution is 2.24. The molecule has 0 spiro atoms. The van der Waals surface area contributed by atoms with Crippen LogP contribution in [-0.4, -0.2) is 12.5 Å². The number of benzene rings is 1. The number of hydrogen-bond acceptors (Lipinski definition) is 2. The van der Waals surface area contributed by atoms with E-state index in [1.54, 1.807) is 0 Å². The monoisotopic (exact) mass is 190 g/mol. The molecule has 1 aromatic carbocycles. The van der Waals surface area contributed by atoms with Crippen LogP contribution in [0, 0.1) is 0 Å². The molecule has 1 heterocycles. The summed E-state index contributed by atoms with van der Waals surface area (Å²) in [5, 5.41) is 1.93. The predicted molar refractivity (Wildman–Crippen MR) is 55.9 cm³/mol. The maximum absolute atomic E-state index is 11.0. The quantitative estimate of drug-likeness (QED) is 0.727. The van der Waals surface area contributed by atoms with Gasteiger partial charge in [0.05, 0.1) is 5.69 Å². The maximum Gasteiger partial charge on any atom is 0.235 e. The number of aryl methyl sites for hydroxylation is 1. The Bertz CT molecular complexity index is 349. The summed E-state index contributed by atoms with van der Waals surface area (Å²) >= 11 is 0. The first-order valence-corrected chi connectivity index (χ1v) is 4.90. The third-order valence-corrected chi connectivity index (χ3v) is 2.40. The smallest absolute Gasteiger partial charge is 0.235 e. The number of anilines is 1. The predicted octanol–water partition coefficient (Wildman–Crippen LogP) is 1.49. The van der Waals surface area contributed by atoms with Gasteiger partial charge in [-0.15, -0.1) is 0 Å². The largest absolute Gasteiger partial charge is 0.285 e. The van der Waals surface area contributed by atoms with Crippen molar-refractivity contribution in [2.45, 2.75) is 19.8 Å². The van der Waals surface area contributed by atoms with E-state index in [4.69, 9.17) is 0 Å². The van der Waals surface area contributed by atoms with Gasteiger partial charge in [-0.2, -0.15) is 0 Å². The van der Waals surface area contributed by atoms with Gasteiger partial charge in [0, 0.05) is 13.5 Å². The molecule has 0 radical (unpaired) electrons. The highest BCUT2D eigenvalue weighted by molar-refractivity contribution is 5.75. The first kappa shape index (κ1) is 9.06. The number of carbonyl (C=O) groups is 1. The zero-order chi connectivity index (χ0) is 9.97. The topological polar surface area (TPSA) is 32.3 Å². The molecule has 0 fully saturated rings. The van der Waals surface area contributed by atoms with Gasteiger partial charge in [-0.05, 0) is 24.5 Å². The second-order valence-corrected chi connectivity index (χ2v) is 3.55. The minimum Gasteiger partial charge on any atom is -0.285 e. The van der Waals surface area contributed by atoms with E-state index in [1.165, 1.54) is 12.5 Å². The number of hydrogen-bond donors (Lipinski definition) is 1. The van der Waals surface area contributed by atoms with Crippen molar-refractivity contribution in [1.29, 1.82) is 0 Å². The van der Waals surface area contributed by atoms with Crippen LogP contribution in [0.25, 0.3) is 0 Å². The highest BCUT2D eigenvalue weighted by Gasteiger charge is 2.16. The van der Waals surface area contributed by atoms with Gasteiger partial charge in [0.1, 0.15) is 0 Å². The highest BCUT2D eigenvalue weighted by atomic mass is 16.2. The Morgan fingerprint density at radius 1 is 1.43 bits per heavy atom. The van der Waals surface area contributed by atoms with Crippen molar-refractivity contribution in [1.82, 2.24) is 5.43 Å². The van der Waals surface area contributed by atoms with Gasteiger partial charge in [-0.1, -0.05) is 18.2 Å².